The van der Waals surface area contributed by atoms with Crippen molar-refractivity contribution in [3.8, 4) is 0 Å². The van der Waals surface area contributed by atoms with Gasteiger partial charge in [-0.1, -0.05) is 0 Å². The zero-order valence-corrected chi connectivity index (χ0v) is 10.0. The largest absolute Gasteiger partial charge is 0.385 e. The lowest BCUT2D eigenvalue weighted by molar-refractivity contribution is 0.163. The third-order valence-corrected chi connectivity index (χ3v) is 2.70. The average Bonchev–Trinajstić information content (AvgIpc) is 2.24. The Bertz CT molecular complexity index is 250. The first kappa shape index (κ1) is 12.0. The van der Waals surface area contributed by atoms with Crippen LogP contribution < -0.4 is 5.32 Å². The van der Waals surface area contributed by atoms with E-state index in [2.05, 4.69) is 42.2 Å². The molecule has 2 atom stereocenters. The Labute approximate surface area is 92.0 Å². The summed E-state index contributed by atoms with van der Waals surface area (Å²) in [5.41, 5.74) is 0. The molecule has 0 amide bonds. The summed E-state index contributed by atoms with van der Waals surface area (Å²) in [6, 6.07) is 0.723. The van der Waals surface area contributed by atoms with Gasteiger partial charge in [0, 0.05) is 26.8 Å². The van der Waals surface area contributed by atoms with Gasteiger partial charge in [0.1, 0.15) is 5.82 Å². The molecule has 0 aromatic rings. The maximum atomic E-state index is 5.08. The standard InChI is InChI=1S/C11H21N3O/c1-9-7-11(13-8-12-9)14(3)10(2)5-6-15-4/h7-10H,5-6H2,1-4H3,(H,12,13). The Morgan fingerprint density at radius 1 is 1.67 bits per heavy atom. The minimum absolute atomic E-state index is 0.262. The maximum absolute atomic E-state index is 5.08. The monoisotopic (exact) mass is 211 g/mol. The molecule has 0 fully saturated rings. The molecule has 0 bridgehead atoms. The maximum Gasteiger partial charge on any atom is 0.104 e. The molecular formula is C11H21N3O. The summed E-state index contributed by atoms with van der Waals surface area (Å²) in [7, 11) is 3.82. The van der Waals surface area contributed by atoms with Gasteiger partial charge in [-0.05, 0) is 26.3 Å². The molecule has 4 heteroatoms. The normalized spacial score (nSPS) is 21.9. The van der Waals surface area contributed by atoms with Crippen LogP contribution in [0.2, 0.25) is 0 Å². The van der Waals surface area contributed by atoms with Gasteiger partial charge in [0.15, 0.2) is 0 Å². The van der Waals surface area contributed by atoms with Gasteiger partial charge in [0.2, 0.25) is 0 Å². The lowest BCUT2D eigenvalue weighted by atomic mass is 10.2. The van der Waals surface area contributed by atoms with Gasteiger partial charge in [-0.25, -0.2) is 0 Å². The molecular weight excluding hydrogens is 190 g/mol. The summed E-state index contributed by atoms with van der Waals surface area (Å²) >= 11 is 0. The summed E-state index contributed by atoms with van der Waals surface area (Å²) in [5.74, 6) is 1.13. The number of rotatable bonds is 5. The molecule has 0 spiro atoms. The van der Waals surface area contributed by atoms with Crippen molar-refractivity contribution in [1.82, 2.24) is 10.2 Å². The first-order valence-electron chi connectivity index (χ1n) is 5.37. The molecule has 1 heterocycles. The van der Waals surface area contributed by atoms with Crippen LogP contribution in [0.25, 0.3) is 0 Å². The van der Waals surface area contributed by atoms with E-state index in [1.54, 1.807) is 13.4 Å². The predicted molar refractivity (Wildman–Crippen MR) is 62.9 cm³/mol. The topological polar surface area (TPSA) is 36.9 Å². The van der Waals surface area contributed by atoms with Crippen molar-refractivity contribution in [2.45, 2.75) is 32.4 Å². The molecule has 0 saturated heterocycles. The van der Waals surface area contributed by atoms with Gasteiger partial charge in [-0.2, -0.15) is 0 Å². The van der Waals surface area contributed by atoms with Crippen LogP contribution >= 0.6 is 0 Å². The number of nitrogens with one attached hydrogen (secondary N) is 1. The van der Waals surface area contributed by atoms with Crippen molar-refractivity contribution >= 4 is 6.34 Å². The molecule has 1 rings (SSSR count). The van der Waals surface area contributed by atoms with Crippen molar-refractivity contribution in [3.05, 3.63) is 11.9 Å². The van der Waals surface area contributed by atoms with Gasteiger partial charge in [0.05, 0.1) is 12.4 Å². The second-order valence-electron chi connectivity index (χ2n) is 3.96. The van der Waals surface area contributed by atoms with E-state index in [4.69, 9.17) is 4.74 Å². The molecule has 15 heavy (non-hydrogen) atoms. The van der Waals surface area contributed by atoms with E-state index < -0.39 is 0 Å². The zero-order valence-electron chi connectivity index (χ0n) is 10.0. The van der Waals surface area contributed by atoms with E-state index in [1.165, 1.54) is 0 Å². The highest BCUT2D eigenvalue weighted by atomic mass is 16.5. The summed E-state index contributed by atoms with van der Waals surface area (Å²) in [4.78, 5) is 6.44. The van der Waals surface area contributed by atoms with E-state index in [0.29, 0.717) is 6.04 Å². The molecule has 4 nitrogen and oxygen atoms in total. The molecule has 86 valence electrons. The third-order valence-electron chi connectivity index (χ3n) is 2.70. The van der Waals surface area contributed by atoms with Crippen LogP contribution in [0.4, 0.5) is 0 Å². The zero-order chi connectivity index (χ0) is 11.3. The van der Waals surface area contributed by atoms with Crippen LogP contribution in [0.1, 0.15) is 20.3 Å². The smallest absolute Gasteiger partial charge is 0.104 e. The Kier molecular flexibility index (Phi) is 4.62. The first-order chi connectivity index (χ1) is 7.15. The number of aliphatic imine (C=N–C) groups is 1. The van der Waals surface area contributed by atoms with Crippen LogP contribution in [0.3, 0.4) is 0 Å². The second-order valence-corrected chi connectivity index (χ2v) is 3.96. The van der Waals surface area contributed by atoms with Crippen LogP contribution in [0.5, 0.6) is 0 Å². The molecule has 2 unspecified atom stereocenters. The number of hydrogen-bond donors (Lipinski definition) is 1. The minimum atomic E-state index is 0.262. The molecule has 0 radical (unpaired) electrons. The Morgan fingerprint density at radius 3 is 3.00 bits per heavy atom. The fourth-order valence-corrected chi connectivity index (χ4v) is 1.48. The summed E-state index contributed by atoms with van der Waals surface area (Å²) < 4.78 is 5.08. The van der Waals surface area contributed by atoms with E-state index in [0.717, 1.165) is 18.8 Å². The van der Waals surface area contributed by atoms with Gasteiger partial charge < -0.3 is 15.0 Å². The highest BCUT2D eigenvalue weighted by Crippen LogP contribution is 2.10. The van der Waals surface area contributed by atoms with Gasteiger partial charge in [-0.15, -0.1) is 0 Å². The van der Waals surface area contributed by atoms with Crippen molar-refractivity contribution in [3.63, 3.8) is 0 Å². The van der Waals surface area contributed by atoms with E-state index in [1.807, 2.05) is 0 Å². The number of nitrogens with zero attached hydrogens (tertiary/aromatic N) is 2. The molecule has 0 aliphatic carbocycles. The predicted octanol–water partition coefficient (Wildman–Crippen LogP) is 1.20. The molecule has 0 saturated carbocycles. The van der Waals surface area contributed by atoms with E-state index in [9.17, 15) is 0 Å². The Balaban J connectivity index is 2.48. The van der Waals surface area contributed by atoms with Crippen LogP contribution in [-0.2, 0) is 4.74 Å². The van der Waals surface area contributed by atoms with Gasteiger partial charge >= 0.3 is 0 Å². The molecule has 1 N–H and O–H groups in total. The summed E-state index contributed by atoms with van der Waals surface area (Å²) in [5, 5.41) is 3.16. The fourth-order valence-electron chi connectivity index (χ4n) is 1.48. The highest BCUT2D eigenvalue weighted by molar-refractivity contribution is 5.59. The van der Waals surface area contributed by atoms with Crippen molar-refractivity contribution < 1.29 is 4.74 Å². The van der Waals surface area contributed by atoms with Crippen molar-refractivity contribution in [1.29, 1.82) is 0 Å². The molecule has 1 aliphatic rings. The van der Waals surface area contributed by atoms with Crippen LogP contribution in [-0.4, -0.2) is 44.1 Å². The molecule has 1 aliphatic heterocycles. The van der Waals surface area contributed by atoms with E-state index >= 15 is 0 Å². The number of methoxy groups -OCH3 is 1. The molecule has 0 aromatic carbocycles. The SMILES string of the molecule is COCCC(C)N(C)C1=CC(C)N=CN1. The summed E-state index contributed by atoms with van der Waals surface area (Å²) in [6.45, 7) is 5.06. The van der Waals surface area contributed by atoms with Gasteiger partial charge in [0.25, 0.3) is 0 Å². The first-order valence-corrected chi connectivity index (χ1v) is 5.37. The van der Waals surface area contributed by atoms with Crippen LogP contribution in [0, 0.1) is 0 Å². The Morgan fingerprint density at radius 2 is 2.40 bits per heavy atom. The third kappa shape index (κ3) is 3.55. The van der Waals surface area contributed by atoms with E-state index in [-0.39, 0.29) is 6.04 Å². The summed E-state index contributed by atoms with van der Waals surface area (Å²) in [6.07, 6.45) is 4.92. The molecule has 0 aromatic heterocycles. The average molecular weight is 211 g/mol. The van der Waals surface area contributed by atoms with Crippen molar-refractivity contribution in [2.75, 3.05) is 20.8 Å². The van der Waals surface area contributed by atoms with Gasteiger partial charge in [-0.3, -0.25) is 4.99 Å². The lowest BCUT2D eigenvalue weighted by Crippen LogP contribution is -2.37. The fraction of sp³-hybridized carbons (Fsp3) is 0.727. The lowest BCUT2D eigenvalue weighted by Gasteiger charge is -2.30. The van der Waals surface area contributed by atoms with Crippen LogP contribution in [0.15, 0.2) is 16.9 Å². The number of hydrogen-bond acceptors (Lipinski definition) is 4. The Hall–Kier alpha value is -1.03. The van der Waals surface area contributed by atoms with Crippen molar-refractivity contribution in [2.24, 2.45) is 4.99 Å². The highest BCUT2D eigenvalue weighted by Gasteiger charge is 2.14. The second kappa shape index (κ2) is 5.75. The quantitative estimate of drug-likeness (QED) is 0.742. The minimum Gasteiger partial charge on any atom is -0.385 e. The number of ether oxygens (including phenoxy) is 1.